The Kier molecular flexibility index (Phi) is 5.63. The third-order valence-electron chi connectivity index (χ3n) is 8.44. The SMILES string of the molecule is Cc1ncsc1C1N(C2CCN(C(=O)CCC3CCCC3)CC2)C(=O)C12CCCC2. The van der Waals surface area contributed by atoms with Gasteiger partial charge in [-0.1, -0.05) is 38.5 Å². The lowest BCUT2D eigenvalue weighted by Gasteiger charge is -2.58. The molecule has 0 aromatic carbocycles. The topological polar surface area (TPSA) is 53.5 Å². The van der Waals surface area contributed by atoms with Crippen molar-refractivity contribution in [3.05, 3.63) is 16.1 Å². The maximum absolute atomic E-state index is 13.4. The molecule has 2 saturated carbocycles. The smallest absolute Gasteiger partial charge is 0.232 e. The van der Waals surface area contributed by atoms with Crippen molar-refractivity contribution >= 4 is 23.2 Å². The van der Waals surface area contributed by atoms with Crippen LogP contribution in [0.4, 0.5) is 0 Å². The molecule has 5 nitrogen and oxygen atoms in total. The number of aryl methyl sites for hydroxylation is 1. The van der Waals surface area contributed by atoms with E-state index < -0.39 is 0 Å². The number of rotatable bonds is 5. The summed E-state index contributed by atoms with van der Waals surface area (Å²) in [6.45, 7) is 3.69. The van der Waals surface area contributed by atoms with Gasteiger partial charge in [0, 0.05) is 25.6 Å². The lowest BCUT2D eigenvalue weighted by Crippen LogP contribution is -2.66. The van der Waals surface area contributed by atoms with Gasteiger partial charge in [-0.15, -0.1) is 11.3 Å². The van der Waals surface area contributed by atoms with Crippen molar-refractivity contribution in [2.45, 2.75) is 96.1 Å². The molecule has 164 valence electrons. The third-order valence-corrected chi connectivity index (χ3v) is 9.42. The maximum Gasteiger partial charge on any atom is 0.232 e. The molecule has 0 bridgehead atoms. The van der Waals surface area contributed by atoms with Crippen molar-refractivity contribution in [3.8, 4) is 0 Å². The summed E-state index contributed by atoms with van der Waals surface area (Å²) in [7, 11) is 0. The molecule has 0 radical (unpaired) electrons. The van der Waals surface area contributed by atoms with Gasteiger partial charge in [0.1, 0.15) is 0 Å². The second-order valence-electron chi connectivity index (χ2n) is 10.1. The Bertz CT molecular complexity index is 786. The zero-order chi connectivity index (χ0) is 20.7. The lowest BCUT2D eigenvalue weighted by molar-refractivity contribution is -0.180. The fourth-order valence-corrected chi connectivity index (χ4v) is 7.71. The minimum Gasteiger partial charge on any atom is -0.343 e. The Labute approximate surface area is 184 Å². The molecule has 1 aromatic rings. The Balaban J connectivity index is 1.22. The van der Waals surface area contributed by atoms with Gasteiger partial charge in [0.05, 0.1) is 27.5 Å². The molecule has 6 heteroatoms. The molecule has 3 heterocycles. The van der Waals surface area contributed by atoms with Gasteiger partial charge in [-0.3, -0.25) is 9.59 Å². The highest BCUT2D eigenvalue weighted by Gasteiger charge is 2.64. The fourth-order valence-electron chi connectivity index (χ4n) is 6.69. The van der Waals surface area contributed by atoms with E-state index in [-0.39, 0.29) is 17.5 Å². The largest absolute Gasteiger partial charge is 0.343 e. The van der Waals surface area contributed by atoms with Gasteiger partial charge in [0.2, 0.25) is 11.8 Å². The van der Waals surface area contributed by atoms with Gasteiger partial charge in [0.15, 0.2) is 0 Å². The normalized spacial score (nSPS) is 27.2. The number of hydrogen-bond acceptors (Lipinski definition) is 4. The molecule has 2 aliphatic heterocycles. The summed E-state index contributed by atoms with van der Waals surface area (Å²) < 4.78 is 0. The Hall–Kier alpha value is -1.43. The first-order valence-corrected chi connectivity index (χ1v) is 13.0. The van der Waals surface area contributed by atoms with Crippen LogP contribution in [0.1, 0.15) is 93.7 Å². The Morgan fingerprint density at radius 2 is 1.83 bits per heavy atom. The minimum atomic E-state index is -0.161. The van der Waals surface area contributed by atoms with Crippen molar-refractivity contribution in [1.29, 1.82) is 0 Å². The maximum atomic E-state index is 13.4. The first-order chi connectivity index (χ1) is 14.6. The number of β-lactam (4-membered cyclic amide) rings is 1. The van der Waals surface area contributed by atoms with Gasteiger partial charge in [-0.2, -0.15) is 0 Å². The predicted octanol–water partition coefficient (Wildman–Crippen LogP) is 4.86. The number of nitrogens with zero attached hydrogens (tertiary/aromatic N) is 3. The van der Waals surface area contributed by atoms with E-state index in [1.165, 1.54) is 43.4 Å². The number of thiazole rings is 1. The van der Waals surface area contributed by atoms with Crippen molar-refractivity contribution in [2.75, 3.05) is 13.1 Å². The van der Waals surface area contributed by atoms with E-state index in [1.54, 1.807) is 11.3 Å². The van der Waals surface area contributed by atoms with Crippen LogP contribution in [0.5, 0.6) is 0 Å². The van der Waals surface area contributed by atoms with E-state index in [0.717, 1.165) is 56.8 Å². The molecular formula is C24H35N3O2S. The molecule has 4 fully saturated rings. The van der Waals surface area contributed by atoms with E-state index in [0.29, 0.717) is 18.2 Å². The van der Waals surface area contributed by atoms with Crippen LogP contribution in [0, 0.1) is 18.3 Å². The molecule has 30 heavy (non-hydrogen) atoms. The third kappa shape index (κ3) is 3.39. The second-order valence-corrected chi connectivity index (χ2v) is 11.0. The average molecular weight is 430 g/mol. The van der Waals surface area contributed by atoms with Crippen LogP contribution in [-0.2, 0) is 9.59 Å². The molecule has 2 aliphatic carbocycles. The van der Waals surface area contributed by atoms with Gasteiger partial charge < -0.3 is 9.80 Å². The van der Waals surface area contributed by atoms with Crippen molar-refractivity contribution in [3.63, 3.8) is 0 Å². The van der Waals surface area contributed by atoms with Gasteiger partial charge in [-0.25, -0.2) is 4.98 Å². The number of amides is 2. The molecule has 2 amide bonds. The standard InChI is InChI=1S/C24H35N3O2S/c1-17-21(30-16-25-17)22-24(12-4-5-13-24)23(29)27(22)19-10-14-26(15-11-19)20(28)9-8-18-6-2-3-7-18/h16,18-19,22H,2-15H2,1H3. The van der Waals surface area contributed by atoms with Crippen LogP contribution in [0.2, 0.25) is 0 Å². The van der Waals surface area contributed by atoms with Crippen molar-refractivity contribution < 1.29 is 9.59 Å². The molecule has 1 aromatic heterocycles. The Morgan fingerprint density at radius 1 is 1.13 bits per heavy atom. The fraction of sp³-hybridized carbons (Fsp3) is 0.792. The average Bonchev–Trinajstić information content (AvgIpc) is 3.53. The summed E-state index contributed by atoms with van der Waals surface area (Å²) in [5.41, 5.74) is 2.86. The van der Waals surface area contributed by atoms with Crippen LogP contribution < -0.4 is 0 Å². The Morgan fingerprint density at radius 3 is 2.47 bits per heavy atom. The number of carbonyl (C=O) groups is 2. The van der Waals surface area contributed by atoms with E-state index in [4.69, 9.17) is 0 Å². The highest BCUT2D eigenvalue weighted by molar-refractivity contribution is 7.09. The van der Waals surface area contributed by atoms with Crippen LogP contribution in [0.15, 0.2) is 5.51 Å². The second kappa shape index (κ2) is 8.25. The number of carbonyl (C=O) groups excluding carboxylic acids is 2. The molecule has 1 atom stereocenters. The summed E-state index contributed by atoms with van der Waals surface area (Å²) in [6, 6.07) is 0.490. The van der Waals surface area contributed by atoms with Crippen LogP contribution >= 0.6 is 11.3 Å². The lowest BCUT2D eigenvalue weighted by atomic mass is 9.67. The number of likely N-dealkylation sites (tertiary alicyclic amines) is 2. The number of piperidine rings is 1. The van der Waals surface area contributed by atoms with Crippen LogP contribution in [0.3, 0.4) is 0 Å². The van der Waals surface area contributed by atoms with Crippen LogP contribution in [0.25, 0.3) is 0 Å². The molecule has 1 unspecified atom stereocenters. The summed E-state index contributed by atoms with van der Waals surface area (Å²) >= 11 is 1.72. The summed E-state index contributed by atoms with van der Waals surface area (Å²) in [4.78, 5) is 36.2. The van der Waals surface area contributed by atoms with E-state index in [2.05, 4.69) is 21.7 Å². The van der Waals surface area contributed by atoms with Crippen molar-refractivity contribution in [2.24, 2.45) is 11.3 Å². The predicted molar refractivity (Wildman–Crippen MR) is 118 cm³/mol. The summed E-state index contributed by atoms with van der Waals surface area (Å²) in [5, 5.41) is 0. The van der Waals surface area contributed by atoms with Crippen molar-refractivity contribution in [1.82, 2.24) is 14.8 Å². The molecule has 5 rings (SSSR count). The van der Waals surface area contributed by atoms with Crippen LogP contribution in [-0.4, -0.2) is 45.7 Å². The highest BCUT2D eigenvalue weighted by Crippen LogP contribution is 2.61. The number of hydrogen-bond donors (Lipinski definition) is 0. The zero-order valence-electron chi connectivity index (χ0n) is 18.3. The van der Waals surface area contributed by atoms with E-state index in [9.17, 15) is 9.59 Å². The van der Waals surface area contributed by atoms with E-state index in [1.807, 2.05) is 5.51 Å². The quantitative estimate of drug-likeness (QED) is 0.628. The van der Waals surface area contributed by atoms with E-state index >= 15 is 0 Å². The van der Waals surface area contributed by atoms with Gasteiger partial charge in [0.25, 0.3) is 0 Å². The molecule has 2 saturated heterocycles. The minimum absolute atomic E-state index is 0.161. The molecular weight excluding hydrogens is 394 g/mol. The number of aromatic nitrogens is 1. The molecule has 4 aliphatic rings. The summed E-state index contributed by atoms with van der Waals surface area (Å²) in [5.74, 6) is 1.48. The zero-order valence-corrected chi connectivity index (χ0v) is 19.1. The summed E-state index contributed by atoms with van der Waals surface area (Å²) in [6.07, 6.45) is 13.3. The molecule has 0 N–H and O–H groups in total. The monoisotopic (exact) mass is 429 g/mol. The first kappa shape index (κ1) is 20.5. The highest BCUT2D eigenvalue weighted by atomic mass is 32.1. The van der Waals surface area contributed by atoms with Gasteiger partial charge >= 0.3 is 0 Å². The molecule has 1 spiro atoms. The van der Waals surface area contributed by atoms with Gasteiger partial charge in [-0.05, 0) is 44.9 Å². The first-order valence-electron chi connectivity index (χ1n) is 12.1.